The van der Waals surface area contributed by atoms with Crippen molar-refractivity contribution in [2.75, 3.05) is 38.6 Å². The van der Waals surface area contributed by atoms with Crippen molar-refractivity contribution in [1.29, 1.82) is 0 Å². The van der Waals surface area contributed by atoms with Gasteiger partial charge in [0, 0.05) is 38.4 Å². The molecule has 0 fully saturated rings. The molecule has 0 saturated carbocycles. The SMILES string of the molecule is CCCN(CC(C)(C)CN)C(=O)c1cccc(N(C)C)c1. The summed E-state index contributed by atoms with van der Waals surface area (Å²) in [6.45, 7) is 8.29. The van der Waals surface area contributed by atoms with Crippen molar-refractivity contribution in [3.63, 3.8) is 0 Å². The molecular formula is C17H29N3O. The van der Waals surface area contributed by atoms with Crippen LogP contribution in [0.1, 0.15) is 37.6 Å². The highest BCUT2D eigenvalue weighted by atomic mass is 16.2. The summed E-state index contributed by atoms with van der Waals surface area (Å²) in [6, 6.07) is 7.76. The van der Waals surface area contributed by atoms with Crippen LogP contribution in [0, 0.1) is 5.41 Å². The molecule has 1 aromatic rings. The first-order valence-corrected chi connectivity index (χ1v) is 7.57. The van der Waals surface area contributed by atoms with Crippen molar-refractivity contribution in [2.45, 2.75) is 27.2 Å². The number of benzene rings is 1. The molecule has 0 bridgehead atoms. The first-order valence-electron chi connectivity index (χ1n) is 7.57. The van der Waals surface area contributed by atoms with Crippen LogP contribution in [0.25, 0.3) is 0 Å². The Morgan fingerprint density at radius 1 is 1.29 bits per heavy atom. The average molecular weight is 291 g/mol. The van der Waals surface area contributed by atoms with E-state index in [1.807, 2.05) is 48.2 Å². The summed E-state index contributed by atoms with van der Waals surface area (Å²) in [4.78, 5) is 16.7. The molecule has 0 aliphatic heterocycles. The Hall–Kier alpha value is -1.55. The molecule has 0 aliphatic carbocycles. The fourth-order valence-corrected chi connectivity index (χ4v) is 2.20. The summed E-state index contributed by atoms with van der Waals surface area (Å²) < 4.78 is 0. The zero-order valence-corrected chi connectivity index (χ0v) is 14.0. The minimum absolute atomic E-state index is 0.0655. The smallest absolute Gasteiger partial charge is 0.253 e. The lowest BCUT2D eigenvalue weighted by Crippen LogP contribution is -2.42. The van der Waals surface area contributed by atoms with E-state index in [-0.39, 0.29) is 11.3 Å². The molecule has 4 nitrogen and oxygen atoms in total. The Labute approximate surface area is 128 Å². The van der Waals surface area contributed by atoms with E-state index < -0.39 is 0 Å². The Balaban J connectivity index is 2.97. The van der Waals surface area contributed by atoms with Gasteiger partial charge >= 0.3 is 0 Å². The Bertz CT molecular complexity index is 469. The van der Waals surface area contributed by atoms with Crippen LogP contribution in [-0.4, -0.2) is 44.5 Å². The number of rotatable bonds is 7. The fraction of sp³-hybridized carbons (Fsp3) is 0.588. The number of hydrogen-bond donors (Lipinski definition) is 1. The van der Waals surface area contributed by atoms with Gasteiger partial charge in [-0.1, -0.05) is 26.8 Å². The van der Waals surface area contributed by atoms with Gasteiger partial charge in [-0.25, -0.2) is 0 Å². The molecule has 0 aliphatic rings. The van der Waals surface area contributed by atoms with E-state index >= 15 is 0 Å². The van der Waals surface area contributed by atoms with Crippen molar-refractivity contribution >= 4 is 11.6 Å². The van der Waals surface area contributed by atoms with Gasteiger partial charge in [0.05, 0.1) is 0 Å². The molecule has 4 heteroatoms. The van der Waals surface area contributed by atoms with Crippen LogP contribution in [-0.2, 0) is 0 Å². The van der Waals surface area contributed by atoms with Gasteiger partial charge in [0.1, 0.15) is 0 Å². The maximum atomic E-state index is 12.8. The van der Waals surface area contributed by atoms with Crippen molar-refractivity contribution in [3.05, 3.63) is 29.8 Å². The molecule has 21 heavy (non-hydrogen) atoms. The number of nitrogens with zero attached hydrogens (tertiary/aromatic N) is 2. The zero-order chi connectivity index (χ0) is 16.0. The van der Waals surface area contributed by atoms with E-state index in [0.29, 0.717) is 13.1 Å². The largest absolute Gasteiger partial charge is 0.378 e. The highest BCUT2D eigenvalue weighted by Crippen LogP contribution is 2.19. The predicted octanol–water partition coefficient (Wildman–Crippen LogP) is 2.59. The summed E-state index contributed by atoms with van der Waals surface area (Å²) in [7, 11) is 3.95. The lowest BCUT2D eigenvalue weighted by atomic mass is 9.92. The number of nitrogens with two attached hydrogens (primary N) is 1. The topological polar surface area (TPSA) is 49.6 Å². The number of carbonyl (C=O) groups excluding carboxylic acids is 1. The minimum Gasteiger partial charge on any atom is -0.378 e. The summed E-state index contributed by atoms with van der Waals surface area (Å²) in [5, 5.41) is 0. The van der Waals surface area contributed by atoms with Crippen LogP contribution in [0.4, 0.5) is 5.69 Å². The number of hydrogen-bond acceptors (Lipinski definition) is 3. The minimum atomic E-state index is -0.0655. The molecule has 0 aromatic heterocycles. The number of amides is 1. The fourth-order valence-electron chi connectivity index (χ4n) is 2.20. The van der Waals surface area contributed by atoms with Crippen LogP contribution in [0.15, 0.2) is 24.3 Å². The van der Waals surface area contributed by atoms with E-state index in [4.69, 9.17) is 5.73 Å². The molecule has 118 valence electrons. The highest BCUT2D eigenvalue weighted by molar-refractivity contribution is 5.95. The van der Waals surface area contributed by atoms with Gasteiger partial charge in [-0.3, -0.25) is 4.79 Å². The Morgan fingerprint density at radius 2 is 1.95 bits per heavy atom. The second kappa shape index (κ2) is 7.46. The summed E-state index contributed by atoms with van der Waals surface area (Å²) in [6.07, 6.45) is 0.944. The third-order valence-electron chi connectivity index (χ3n) is 3.56. The van der Waals surface area contributed by atoms with Gasteiger partial charge in [-0.05, 0) is 36.6 Å². The molecule has 0 atom stereocenters. The molecule has 0 spiro atoms. The van der Waals surface area contributed by atoms with Crippen LogP contribution >= 0.6 is 0 Å². The number of carbonyl (C=O) groups is 1. The first-order chi connectivity index (χ1) is 9.80. The molecule has 1 aromatic carbocycles. The molecular weight excluding hydrogens is 262 g/mol. The van der Waals surface area contributed by atoms with E-state index in [2.05, 4.69) is 20.8 Å². The monoisotopic (exact) mass is 291 g/mol. The number of anilines is 1. The van der Waals surface area contributed by atoms with E-state index in [9.17, 15) is 4.79 Å². The molecule has 0 saturated heterocycles. The van der Waals surface area contributed by atoms with Crippen LogP contribution in [0.3, 0.4) is 0 Å². The zero-order valence-electron chi connectivity index (χ0n) is 14.0. The van der Waals surface area contributed by atoms with Gasteiger partial charge in [-0.15, -0.1) is 0 Å². The van der Waals surface area contributed by atoms with Crippen LogP contribution < -0.4 is 10.6 Å². The Kier molecular flexibility index (Phi) is 6.21. The second-order valence-corrected chi connectivity index (χ2v) is 6.54. The quantitative estimate of drug-likeness (QED) is 0.840. The van der Waals surface area contributed by atoms with Crippen molar-refractivity contribution in [1.82, 2.24) is 4.90 Å². The van der Waals surface area contributed by atoms with E-state index in [0.717, 1.165) is 24.2 Å². The summed E-state index contributed by atoms with van der Waals surface area (Å²) >= 11 is 0. The van der Waals surface area contributed by atoms with Crippen molar-refractivity contribution in [2.24, 2.45) is 11.1 Å². The first kappa shape index (κ1) is 17.5. The maximum absolute atomic E-state index is 12.8. The van der Waals surface area contributed by atoms with Crippen LogP contribution in [0.5, 0.6) is 0 Å². The standard InChI is InChI=1S/C17H29N3O/c1-6-10-20(13-17(2,3)12-18)16(21)14-8-7-9-15(11-14)19(4)5/h7-9,11H,6,10,12-13,18H2,1-5H3. The third kappa shape index (κ3) is 5.05. The van der Waals surface area contributed by atoms with Crippen molar-refractivity contribution < 1.29 is 4.79 Å². The average Bonchev–Trinajstić information content (AvgIpc) is 2.46. The van der Waals surface area contributed by atoms with Gasteiger partial charge in [0.2, 0.25) is 0 Å². The van der Waals surface area contributed by atoms with Gasteiger partial charge in [0.15, 0.2) is 0 Å². The summed E-state index contributed by atoms with van der Waals surface area (Å²) in [5.74, 6) is 0.0853. The van der Waals surface area contributed by atoms with Crippen molar-refractivity contribution in [3.8, 4) is 0 Å². The van der Waals surface area contributed by atoms with Gasteiger partial charge in [0.25, 0.3) is 5.91 Å². The van der Waals surface area contributed by atoms with Crippen LogP contribution in [0.2, 0.25) is 0 Å². The molecule has 2 N–H and O–H groups in total. The second-order valence-electron chi connectivity index (χ2n) is 6.54. The summed E-state index contributed by atoms with van der Waals surface area (Å²) in [5.41, 5.74) is 7.52. The highest BCUT2D eigenvalue weighted by Gasteiger charge is 2.24. The molecule has 0 heterocycles. The van der Waals surface area contributed by atoms with E-state index in [1.54, 1.807) is 0 Å². The van der Waals surface area contributed by atoms with Gasteiger partial charge in [-0.2, -0.15) is 0 Å². The van der Waals surface area contributed by atoms with Gasteiger partial charge < -0.3 is 15.5 Å². The molecule has 1 amide bonds. The molecule has 1 rings (SSSR count). The predicted molar refractivity (Wildman–Crippen MR) is 89.8 cm³/mol. The lowest BCUT2D eigenvalue weighted by Gasteiger charge is -2.32. The Morgan fingerprint density at radius 3 is 2.48 bits per heavy atom. The molecule has 0 unspecified atom stereocenters. The maximum Gasteiger partial charge on any atom is 0.253 e. The molecule has 0 radical (unpaired) electrons. The third-order valence-corrected chi connectivity index (χ3v) is 3.56. The van der Waals surface area contributed by atoms with E-state index in [1.165, 1.54) is 0 Å². The lowest BCUT2D eigenvalue weighted by molar-refractivity contribution is 0.0689. The normalized spacial score (nSPS) is 11.3.